The van der Waals surface area contributed by atoms with E-state index in [1.165, 1.54) is 5.56 Å². The SMILES string of the molecule is CCn1ccc(CN(C)c2nccn3nc(C)cc23)c1. The third kappa shape index (κ3) is 2.27. The van der Waals surface area contributed by atoms with Crippen LogP contribution in [0.2, 0.25) is 0 Å². The number of anilines is 1. The minimum Gasteiger partial charge on any atom is -0.354 e. The first-order valence-corrected chi connectivity index (χ1v) is 6.84. The summed E-state index contributed by atoms with van der Waals surface area (Å²) in [6, 6.07) is 4.22. The van der Waals surface area contributed by atoms with Crippen LogP contribution in [0.15, 0.2) is 36.9 Å². The first kappa shape index (κ1) is 12.7. The molecule has 0 fully saturated rings. The molecule has 0 bridgehead atoms. The molecule has 3 aromatic rings. The predicted octanol–water partition coefficient (Wildman–Crippen LogP) is 2.50. The fourth-order valence-electron chi connectivity index (χ4n) is 2.45. The second-order valence-electron chi connectivity index (χ2n) is 5.07. The Morgan fingerprint density at radius 2 is 2.15 bits per heavy atom. The fourth-order valence-corrected chi connectivity index (χ4v) is 2.45. The van der Waals surface area contributed by atoms with Crippen molar-refractivity contribution < 1.29 is 0 Å². The van der Waals surface area contributed by atoms with Gasteiger partial charge < -0.3 is 9.47 Å². The van der Waals surface area contributed by atoms with Gasteiger partial charge in [-0.25, -0.2) is 9.50 Å². The highest BCUT2D eigenvalue weighted by Crippen LogP contribution is 2.20. The van der Waals surface area contributed by atoms with Crippen molar-refractivity contribution in [1.82, 2.24) is 19.2 Å². The second kappa shape index (κ2) is 5.00. The monoisotopic (exact) mass is 269 g/mol. The topological polar surface area (TPSA) is 38.4 Å². The maximum Gasteiger partial charge on any atom is 0.154 e. The zero-order valence-electron chi connectivity index (χ0n) is 12.1. The standard InChI is InChI=1S/C15H19N5/c1-4-19-7-5-13(11-19)10-18(3)15-14-9-12(2)17-20(14)8-6-16-15/h5-9,11H,4,10H2,1-3H3. The largest absolute Gasteiger partial charge is 0.354 e. The summed E-state index contributed by atoms with van der Waals surface area (Å²) in [6.07, 6.45) is 7.97. The first-order valence-electron chi connectivity index (χ1n) is 6.84. The van der Waals surface area contributed by atoms with Gasteiger partial charge in [-0.05, 0) is 31.5 Å². The average Bonchev–Trinajstić information content (AvgIpc) is 3.02. The molecule has 0 atom stereocenters. The molecule has 0 aromatic carbocycles. The van der Waals surface area contributed by atoms with E-state index in [0.717, 1.165) is 30.1 Å². The minimum atomic E-state index is 0.837. The number of hydrogen-bond donors (Lipinski definition) is 0. The van der Waals surface area contributed by atoms with E-state index in [1.807, 2.05) is 17.6 Å². The molecule has 0 aliphatic rings. The molecule has 104 valence electrons. The molecule has 20 heavy (non-hydrogen) atoms. The van der Waals surface area contributed by atoms with E-state index in [0.29, 0.717) is 0 Å². The van der Waals surface area contributed by atoms with Crippen molar-refractivity contribution in [3.8, 4) is 0 Å². The number of rotatable bonds is 4. The maximum atomic E-state index is 4.50. The van der Waals surface area contributed by atoms with Crippen molar-refractivity contribution in [2.45, 2.75) is 26.9 Å². The Bertz CT molecular complexity index is 725. The van der Waals surface area contributed by atoms with Crippen LogP contribution in [0.4, 0.5) is 5.82 Å². The Labute approximate surface area is 118 Å². The molecule has 3 aromatic heterocycles. The van der Waals surface area contributed by atoms with Crippen LogP contribution in [-0.2, 0) is 13.1 Å². The molecule has 0 spiro atoms. The summed E-state index contributed by atoms with van der Waals surface area (Å²) in [5.74, 6) is 0.956. The maximum absolute atomic E-state index is 4.50. The van der Waals surface area contributed by atoms with Gasteiger partial charge in [0.05, 0.1) is 5.69 Å². The van der Waals surface area contributed by atoms with Crippen molar-refractivity contribution >= 4 is 11.3 Å². The van der Waals surface area contributed by atoms with E-state index in [4.69, 9.17) is 0 Å². The van der Waals surface area contributed by atoms with E-state index in [1.54, 1.807) is 6.20 Å². The van der Waals surface area contributed by atoms with Crippen LogP contribution in [-0.4, -0.2) is 26.2 Å². The predicted molar refractivity (Wildman–Crippen MR) is 79.9 cm³/mol. The van der Waals surface area contributed by atoms with Crippen molar-refractivity contribution in [2.24, 2.45) is 0 Å². The van der Waals surface area contributed by atoms with Gasteiger partial charge in [0.25, 0.3) is 0 Å². The highest BCUT2D eigenvalue weighted by atomic mass is 15.3. The van der Waals surface area contributed by atoms with Gasteiger partial charge in [0.15, 0.2) is 5.82 Å². The van der Waals surface area contributed by atoms with E-state index < -0.39 is 0 Å². The zero-order chi connectivity index (χ0) is 14.1. The highest BCUT2D eigenvalue weighted by molar-refractivity contribution is 5.68. The van der Waals surface area contributed by atoms with Crippen LogP contribution in [0.5, 0.6) is 0 Å². The smallest absolute Gasteiger partial charge is 0.154 e. The lowest BCUT2D eigenvalue weighted by atomic mass is 10.3. The fraction of sp³-hybridized carbons (Fsp3) is 0.333. The summed E-state index contributed by atoms with van der Waals surface area (Å²) in [7, 11) is 2.06. The molecule has 5 heteroatoms. The summed E-state index contributed by atoms with van der Waals surface area (Å²) in [5, 5.41) is 4.43. The van der Waals surface area contributed by atoms with Gasteiger partial charge in [-0.15, -0.1) is 0 Å². The Morgan fingerprint density at radius 3 is 2.90 bits per heavy atom. The molecule has 0 radical (unpaired) electrons. The van der Waals surface area contributed by atoms with E-state index in [-0.39, 0.29) is 0 Å². The number of aromatic nitrogens is 4. The normalized spacial score (nSPS) is 11.2. The van der Waals surface area contributed by atoms with Gasteiger partial charge in [0, 0.05) is 44.9 Å². The molecule has 3 rings (SSSR count). The number of nitrogens with zero attached hydrogens (tertiary/aromatic N) is 5. The molecule has 0 unspecified atom stereocenters. The molecule has 5 nitrogen and oxygen atoms in total. The summed E-state index contributed by atoms with van der Waals surface area (Å²) in [6.45, 7) is 5.98. The van der Waals surface area contributed by atoms with Crippen LogP contribution < -0.4 is 4.90 Å². The van der Waals surface area contributed by atoms with Crippen LogP contribution in [0.1, 0.15) is 18.2 Å². The van der Waals surface area contributed by atoms with E-state index in [2.05, 4.69) is 58.0 Å². The molecule has 0 saturated carbocycles. The molecule has 0 N–H and O–H groups in total. The van der Waals surface area contributed by atoms with Crippen molar-refractivity contribution in [3.63, 3.8) is 0 Å². The van der Waals surface area contributed by atoms with Gasteiger partial charge in [-0.1, -0.05) is 0 Å². The number of hydrogen-bond acceptors (Lipinski definition) is 3. The molecule has 0 aliphatic heterocycles. The number of aryl methyl sites for hydroxylation is 2. The van der Waals surface area contributed by atoms with Gasteiger partial charge in [0.1, 0.15) is 5.52 Å². The van der Waals surface area contributed by atoms with Crippen molar-refractivity contribution in [2.75, 3.05) is 11.9 Å². The molecule has 3 heterocycles. The molecular weight excluding hydrogens is 250 g/mol. The van der Waals surface area contributed by atoms with Gasteiger partial charge >= 0.3 is 0 Å². The minimum absolute atomic E-state index is 0.837. The molecular formula is C15H19N5. The average molecular weight is 269 g/mol. The second-order valence-corrected chi connectivity index (χ2v) is 5.07. The van der Waals surface area contributed by atoms with Gasteiger partial charge in [0.2, 0.25) is 0 Å². The third-order valence-electron chi connectivity index (χ3n) is 3.45. The van der Waals surface area contributed by atoms with Gasteiger partial charge in [-0.3, -0.25) is 0 Å². The molecule has 0 amide bonds. The van der Waals surface area contributed by atoms with E-state index in [9.17, 15) is 0 Å². The van der Waals surface area contributed by atoms with Crippen LogP contribution >= 0.6 is 0 Å². The summed E-state index contributed by atoms with van der Waals surface area (Å²) < 4.78 is 4.06. The number of fused-ring (bicyclic) bond motifs is 1. The zero-order valence-corrected chi connectivity index (χ0v) is 12.1. The first-order chi connectivity index (χ1) is 9.67. The molecule has 0 aliphatic carbocycles. The van der Waals surface area contributed by atoms with E-state index >= 15 is 0 Å². The van der Waals surface area contributed by atoms with Crippen molar-refractivity contribution in [1.29, 1.82) is 0 Å². The Balaban J connectivity index is 1.90. The summed E-state index contributed by atoms with van der Waals surface area (Å²) in [4.78, 5) is 6.66. The third-order valence-corrected chi connectivity index (χ3v) is 3.45. The van der Waals surface area contributed by atoms with Crippen LogP contribution in [0.3, 0.4) is 0 Å². The quantitative estimate of drug-likeness (QED) is 0.730. The Morgan fingerprint density at radius 1 is 1.30 bits per heavy atom. The summed E-state index contributed by atoms with van der Waals surface area (Å²) in [5.41, 5.74) is 3.33. The lowest BCUT2D eigenvalue weighted by Crippen LogP contribution is -2.18. The lowest BCUT2D eigenvalue weighted by molar-refractivity contribution is 0.763. The summed E-state index contributed by atoms with van der Waals surface area (Å²) >= 11 is 0. The lowest BCUT2D eigenvalue weighted by Gasteiger charge is -2.18. The van der Waals surface area contributed by atoms with Crippen LogP contribution in [0.25, 0.3) is 5.52 Å². The Kier molecular flexibility index (Phi) is 3.18. The highest BCUT2D eigenvalue weighted by Gasteiger charge is 2.10. The Hall–Kier alpha value is -2.30. The van der Waals surface area contributed by atoms with Crippen molar-refractivity contribution in [3.05, 3.63) is 48.2 Å². The van der Waals surface area contributed by atoms with Crippen LogP contribution in [0, 0.1) is 6.92 Å². The molecule has 0 saturated heterocycles. The van der Waals surface area contributed by atoms with Gasteiger partial charge in [-0.2, -0.15) is 5.10 Å².